The van der Waals surface area contributed by atoms with Gasteiger partial charge in [0.1, 0.15) is 23.7 Å². The molecule has 0 bridgehead atoms. The Morgan fingerprint density at radius 1 is 1.19 bits per heavy atom. The van der Waals surface area contributed by atoms with Crippen molar-refractivity contribution in [2.75, 3.05) is 26.8 Å². The van der Waals surface area contributed by atoms with Gasteiger partial charge >= 0.3 is 0 Å². The molecule has 0 atom stereocenters. The Morgan fingerprint density at radius 2 is 1.96 bits per heavy atom. The van der Waals surface area contributed by atoms with Crippen molar-refractivity contribution in [2.24, 2.45) is 0 Å². The van der Waals surface area contributed by atoms with Crippen molar-refractivity contribution < 1.29 is 18.7 Å². The second-order valence-electron chi connectivity index (χ2n) is 6.15. The van der Waals surface area contributed by atoms with E-state index in [1.54, 1.807) is 24.1 Å². The smallest absolute Gasteiger partial charge is 0.289 e. The zero-order valence-electron chi connectivity index (χ0n) is 15.6. The summed E-state index contributed by atoms with van der Waals surface area (Å²) in [7, 11) is 1.72. The molecule has 6 heteroatoms. The number of aryl methyl sites for hydroxylation is 1. The first-order valence-corrected chi connectivity index (χ1v) is 9.17. The monoisotopic (exact) mass is 387 g/mol. The second-order valence-corrected chi connectivity index (χ2v) is 6.56. The van der Waals surface area contributed by atoms with E-state index in [2.05, 4.69) is 0 Å². The van der Waals surface area contributed by atoms with Crippen molar-refractivity contribution in [1.29, 1.82) is 0 Å². The fraction of sp³-hybridized carbons (Fsp3) is 0.286. The van der Waals surface area contributed by atoms with Crippen LogP contribution in [0.4, 0.5) is 0 Å². The van der Waals surface area contributed by atoms with Gasteiger partial charge in [-0.2, -0.15) is 0 Å². The lowest BCUT2D eigenvalue weighted by atomic mass is 10.1. The molecule has 0 fully saturated rings. The number of para-hydroxylation sites is 1. The van der Waals surface area contributed by atoms with Gasteiger partial charge in [0.25, 0.3) is 5.91 Å². The van der Waals surface area contributed by atoms with E-state index in [-0.39, 0.29) is 5.91 Å². The number of carbonyl (C=O) groups excluding carboxylic acids is 1. The third-order valence-corrected chi connectivity index (χ3v) is 4.59. The molecule has 0 saturated carbocycles. The molecule has 0 aliphatic rings. The average Bonchev–Trinajstić information content (AvgIpc) is 2.99. The van der Waals surface area contributed by atoms with E-state index >= 15 is 0 Å². The fourth-order valence-corrected chi connectivity index (χ4v) is 2.98. The number of carbonyl (C=O) groups is 1. The third kappa shape index (κ3) is 4.19. The van der Waals surface area contributed by atoms with Crippen LogP contribution >= 0.6 is 11.6 Å². The second kappa shape index (κ2) is 8.35. The molecule has 0 radical (unpaired) electrons. The molecule has 0 unspecified atom stereocenters. The quantitative estimate of drug-likeness (QED) is 0.576. The summed E-state index contributed by atoms with van der Waals surface area (Å²) in [6.07, 6.45) is 0. The summed E-state index contributed by atoms with van der Waals surface area (Å²) in [6, 6.07) is 12.8. The van der Waals surface area contributed by atoms with Gasteiger partial charge in [0, 0.05) is 18.0 Å². The molecule has 142 valence electrons. The van der Waals surface area contributed by atoms with Gasteiger partial charge in [-0.05, 0) is 44.2 Å². The summed E-state index contributed by atoms with van der Waals surface area (Å²) < 4.78 is 17.0. The largest absolute Gasteiger partial charge is 0.494 e. The minimum Gasteiger partial charge on any atom is -0.494 e. The number of hydrogen-bond donors (Lipinski definition) is 0. The molecule has 0 aliphatic carbocycles. The first-order valence-electron chi connectivity index (χ1n) is 8.80. The summed E-state index contributed by atoms with van der Waals surface area (Å²) >= 11 is 6.07. The van der Waals surface area contributed by atoms with Crippen molar-refractivity contribution in [3.63, 3.8) is 0 Å². The van der Waals surface area contributed by atoms with E-state index < -0.39 is 0 Å². The molecule has 0 spiro atoms. The van der Waals surface area contributed by atoms with Crippen LogP contribution in [0.5, 0.6) is 11.5 Å². The Kier molecular flexibility index (Phi) is 5.91. The maximum atomic E-state index is 12.8. The molecular weight excluding hydrogens is 366 g/mol. The maximum Gasteiger partial charge on any atom is 0.289 e. The van der Waals surface area contributed by atoms with Gasteiger partial charge in [0.15, 0.2) is 5.76 Å². The Morgan fingerprint density at radius 3 is 2.70 bits per heavy atom. The molecule has 3 rings (SSSR count). The van der Waals surface area contributed by atoms with Crippen LogP contribution in [0.3, 0.4) is 0 Å². The highest BCUT2D eigenvalue weighted by Crippen LogP contribution is 2.29. The molecule has 2 aromatic carbocycles. The van der Waals surface area contributed by atoms with Gasteiger partial charge in [-0.25, -0.2) is 0 Å². The average molecular weight is 388 g/mol. The molecule has 0 N–H and O–H groups in total. The van der Waals surface area contributed by atoms with Gasteiger partial charge < -0.3 is 18.8 Å². The highest BCUT2D eigenvalue weighted by molar-refractivity contribution is 6.32. The highest BCUT2D eigenvalue weighted by atomic mass is 35.5. The van der Waals surface area contributed by atoms with Crippen LogP contribution in [-0.4, -0.2) is 37.6 Å². The van der Waals surface area contributed by atoms with Crippen molar-refractivity contribution >= 4 is 28.5 Å². The highest BCUT2D eigenvalue weighted by Gasteiger charge is 2.21. The number of amides is 1. The molecule has 5 nitrogen and oxygen atoms in total. The molecule has 0 aliphatic heterocycles. The van der Waals surface area contributed by atoms with E-state index in [1.807, 2.05) is 44.2 Å². The van der Waals surface area contributed by atoms with Crippen LogP contribution in [0, 0.1) is 6.92 Å². The third-order valence-electron chi connectivity index (χ3n) is 4.28. The Hall–Kier alpha value is -2.66. The van der Waals surface area contributed by atoms with E-state index in [9.17, 15) is 4.79 Å². The van der Waals surface area contributed by atoms with Crippen molar-refractivity contribution in [3.05, 3.63) is 58.8 Å². The zero-order chi connectivity index (χ0) is 19.4. The van der Waals surface area contributed by atoms with Gasteiger partial charge in [-0.1, -0.05) is 23.7 Å². The lowest BCUT2D eigenvalue weighted by molar-refractivity contribution is 0.0744. The summed E-state index contributed by atoms with van der Waals surface area (Å²) in [5, 5.41) is 1.43. The SMILES string of the molecule is CCOc1ccc2oc(C(=O)N(C)CCOc3ccccc3Cl)c(C)c2c1. The maximum absolute atomic E-state index is 12.8. The lowest BCUT2D eigenvalue weighted by Gasteiger charge is -2.17. The summed E-state index contributed by atoms with van der Waals surface area (Å²) in [5.41, 5.74) is 1.47. The van der Waals surface area contributed by atoms with Crippen molar-refractivity contribution in [1.82, 2.24) is 4.90 Å². The lowest BCUT2D eigenvalue weighted by Crippen LogP contribution is -2.31. The van der Waals surface area contributed by atoms with Crippen LogP contribution in [0.1, 0.15) is 23.0 Å². The summed E-state index contributed by atoms with van der Waals surface area (Å²) in [5.74, 6) is 1.50. The number of fused-ring (bicyclic) bond motifs is 1. The number of ether oxygens (including phenoxy) is 2. The van der Waals surface area contributed by atoms with Gasteiger partial charge in [-0.15, -0.1) is 0 Å². The number of hydrogen-bond acceptors (Lipinski definition) is 4. The molecule has 3 aromatic rings. The minimum absolute atomic E-state index is 0.190. The van der Waals surface area contributed by atoms with E-state index in [4.69, 9.17) is 25.5 Å². The Bertz CT molecular complexity index is 951. The van der Waals surface area contributed by atoms with Crippen LogP contribution in [0.15, 0.2) is 46.9 Å². The molecule has 1 amide bonds. The van der Waals surface area contributed by atoms with Crippen LogP contribution in [0.25, 0.3) is 11.0 Å². The van der Waals surface area contributed by atoms with Gasteiger partial charge in [0.2, 0.25) is 0 Å². The number of benzene rings is 2. The number of furan rings is 1. The number of halogens is 1. The van der Waals surface area contributed by atoms with Crippen LogP contribution < -0.4 is 9.47 Å². The van der Waals surface area contributed by atoms with E-state index in [0.29, 0.717) is 41.9 Å². The predicted molar refractivity (Wildman–Crippen MR) is 106 cm³/mol. The first-order chi connectivity index (χ1) is 13.0. The Balaban J connectivity index is 1.69. The van der Waals surface area contributed by atoms with Crippen molar-refractivity contribution in [2.45, 2.75) is 13.8 Å². The van der Waals surface area contributed by atoms with E-state index in [0.717, 1.165) is 16.7 Å². The van der Waals surface area contributed by atoms with Gasteiger partial charge in [0.05, 0.1) is 18.2 Å². The Labute approximate surface area is 163 Å². The first kappa shape index (κ1) is 19.1. The number of nitrogens with zero attached hydrogens (tertiary/aromatic N) is 1. The van der Waals surface area contributed by atoms with Crippen LogP contribution in [0.2, 0.25) is 5.02 Å². The van der Waals surface area contributed by atoms with E-state index in [1.165, 1.54) is 0 Å². The van der Waals surface area contributed by atoms with Gasteiger partial charge in [-0.3, -0.25) is 4.79 Å². The molecule has 27 heavy (non-hydrogen) atoms. The minimum atomic E-state index is -0.190. The standard InChI is InChI=1S/C21H22ClNO4/c1-4-25-15-9-10-18-16(13-15)14(2)20(27-18)21(24)23(3)11-12-26-19-8-6-5-7-17(19)22/h5-10,13H,4,11-12H2,1-3H3. The molecule has 1 aromatic heterocycles. The number of rotatable bonds is 7. The molecular formula is C21H22ClNO4. The predicted octanol–water partition coefficient (Wildman–Crippen LogP) is 4.94. The topological polar surface area (TPSA) is 51.9 Å². The normalized spacial score (nSPS) is 10.8. The summed E-state index contributed by atoms with van der Waals surface area (Å²) in [6.45, 7) is 5.14. The van der Waals surface area contributed by atoms with Crippen molar-refractivity contribution in [3.8, 4) is 11.5 Å². The summed E-state index contributed by atoms with van der Waals surface area (Å²) in [4.78, 5) is 14.3. The number of likely N-dealkylation sites (N-methyl/N-ethyl adjacent to an activating group) is 1. The fourth-order valence-electron chi connectivity index (χ4n) is 2.79. The molecule has 1 heterocycles. The molecule has 0 saturated heterocycles. The zero-order valence-corrected chi connectivity index (χ0v) is 16.4. The van der Waals surface area contributed by atoms with Crippen LogP contribution in [-0.2, 0) is 0 Å².